The number of nitrogens with zero attached hydrogens (tertiary/aromatic N) is 2. The van der Waals surface area contributed by atoms with Crippen molar-refractivity contribution in [3.8, 4) is 0 Å². The van der Waals surface area contributed by atoms with Gasteiger partial charge in [-0.3, -0.25) is 19.5 Å². The van der Waals surface area contributed by atoms with Crippen LogP contribution in [0.5, 0.6) is 0 Å². The van der Waals surface area contributed by atoms with E-state index in [4.69, 9.17) is 16.0 Å². The number of halogens is 1. The van der Waals surface area contributed by atoms with Gasteiger partial charge in [0.2, 0.25) is 5.91 Å². The van der Waals surface area contributed by atoms with Gasteiger partial charge in [0.25, 0.3) is 0 Å². The van der Waals surface area contributed by atoms with E-state index in [0.29, 0.717) is 16.1 Å². The normalized spacial score (nSPS) is 11.0. The van der Waals surface area contributed by atoms with E-state index in [1.165, 1.54) is 4.57 Å². The molecule has 108 valence electrons. The fourth-order valence-corrected chi connectivity index (χ4v) is 2.75. The summed E-state index contributed by atoms with van der Waals surface area (Å²) in [6.07, 6.45) is 0. The van der Waals surface area contributed by atoms with E-state index in [0.717, 1.165) is 17.0 Å². The highest BCUT2D eigenvalue weighted by molar-refractivity contribution is 7.07. The highest BCUT2D eigenvalue weighted by Crippen LogP contribution is 2.22. The Bertz CT molecular complexity index is 880. The first-order chi connectivity index (χ1) is 10.0. The topological polar surface area (TPSA) is 77.1 Å². The van der Waals surface area contributed by atoms with Gasteiger partial charge in [-0.25, -0.2) is 0 Å². The maximum absolute atomic E-state index is 11.9. The molecule has 1 N–H and O–H groups in total. The number of benzene rings is 1. The largest absolute Gasteiger partial charge is 0.423 e. The third-order valence-corrected chi connectivity index (χ3v) is 3.99. The molecular weight excluding hydrogens is 314 g/mol. The van der Waals surface area contributed by atoms with Crippen LogP contribution in [0.1, 0.15) is 5.69 Å². The van der Waals surface area contributed by atoms with E-state index in [-0.39, 0.29) is 23.3 Å². The van der Waals surface area contributed by atoms with Crippen molar-refractivity contribution >= 4 is 46.0 Å². The minimum atomic E-state index is -0.378. The summed E-state index contributed by atoms with van der Waals surface area (Å²) in [5, 5.41) is 4.77. The molecule has 3 rings (SSSR count). The predicted octanol–water partition coefficient (Wildman–Crippen LogP) is 2.65. The number of hydrogen-bond acceptors (Lipinski definition) is 5. The Labute approximate surface area is 128 Å². The number of carbonyl (C=O) groups is 1. The summed E-state index contributed by atoms with van der Waals surface area (Å²) in [5.74, 6) is -0.378. The fourth-order valence-electron chi connectivity index (χ4n) is 1.85. The molecule has 0 aliphatic heterocycles. The van der Waals surface area contributed by atoms with Gasteiger partial charge in [-0.2, -0.15) is 4.98 Å². The van der Waals surface area contributed by atoms with Crippen LogP contribution in [0.25, 0.3) is 11.1 Å². The van der Waals surface area contributed by atoms with E-state index >= 15 is 0 Å². The lowest BCUT2D eigenvalue weighted by Crippen LogP contribution is -2.25. The standard InChI is InChI=1S/C13H10ClN3O3S/c1-7-6-21-13(19)17(7)5-11(18)16-12-15-9-4-8(14)2-3-10(9)20-12/h2-4,6H,5H2,1H3,(H,15,16,18). The Kier molecular flexibility index (Phi) is 3.52. The Hall–Kier alpha value is -2.12. The second kappa shape index (κ2) is 5.34. The predicted molar refractivity (Wildman–Crippen MR) is 81.0 cm³/mol. The van der Waals surface area contributed by atoms with Gasteiger partial charge < -0.3 is 4.42 Å². The first-order valence-corrected chi connectivity index (χ1v) is 7.29. The van der Waals surface area contributed by atoms with Crippen LogP contribution < -0.4 is 10.2 Å². The van der Waals surface area contributed by atoms with Gasteiger partial charge in [0.15, 0.2) is 5.58 Å². The molecule has 2 aromatic heterocycles. The number of aromatic nitrogens is 2. The molecule has 0 aliphatic carbocycles. The SMILES string of the molecule is Cc1csc(=O)n1CC(=O)Nc1nc2cc(Cl)ccc2o1. The van der Waals surface area contributed by atoms with Gasteiger partial charge in [-0.1, -0.05) is 22.9 Å². The average Bonchev–Trinajstić information content (AvgIpc) is 2.95. The monoisotopic (exact) mass is 323 g/mol. The number of fused-ring (bicyclic) bond motifs is 1. The van der Waals surface area contributed by atoms with Crippen LogP contribution in [0.3, 0.4) is 0 Å². The molecule has 0 saturated carbocycles. The molecule has 2 heterocycles. The third kappa shape index (κ3) is 2.84. The van der Waals surface area contributed by atoms with Crippen molar-refractivity contribution < 1.29 is 9.21 Å². The Morgan fingerprint density at radius 1 is 1.52 bits per heavy atom. The van der Waals surface area contributed by atoms with E-state index in [2.05, 4.69) is 10.3 Å². The summed E-state index contributed by atoms with van der Waals surface area (Å²) in [4.78, 5) is 27.4. The smallest absolute Gasteiger partial charge is 0.307 e. The van der Waals surface area contributed by atoms with E-state index in [1.807, 2.05) is 0 Å². The second-order valence-corrected chi connectivity index (χ2v) is 5.67. The lowest BCUT2D eigenvalue weighted by molar-refractivity contribution is -0.116. The number of rotatable bonds is 3. The molecule has 21 heavy (non-hydrogen) atoms. The minimum absolute atomic E-state index is 0.0757. The number of aryl methyl sites for hydroxylation is 1. The maximum atomic E-state index is 11.9. The van der Waals surface area contributed by atoms with E-state index in [9.17, 15) is 9.59 Å². The van der Waals surface area contributed by atoms with Gasteiger partial charge >= 0.3 is 10.9 Å². The number of anilines is 1. The minimum Gasteiger partial charge on any atom is -0.423 e. The van der Waals surface area contributed by atoms with Gasteiger partial charge in [-0.05, 0) is 25.1 Å². The van der Waals surface area contributed by atoms with Gasteiger partial charge in [0.05, 0.1) is 0 Å². The van der Waals surface area contributed by atoms with E-state index in [1.54, 1.807) is 30.5 Å². The van der Waals surface area contributed by atoms with Gasteiger partial charge in [0, 0.05) is 16.1 Å². The Balaban J connectivity index is 1.78. The summed E-state index contributed by atoms with van der Waals surface area (Å²) >= 11 is 6.92. The zero-order valence-electron chi connectivity index (χ0n) is 10.9. The number of nitrogens with one attached hydrogen (secondary N) is 1. The molecule has 0 atom stereocenters. The fraction of sp³-hybridized carbons (Fsp3) is 0.154. The zero-order valence-corrected chi connectivity index (χ0v) is 12.5. The molecule has 0 aliphatic rings. The molecule has 0 unspecified atom stereocenters. The zero-order chi connectivity index (χ0) is 15.0. The van der Waals surface area contributed by atoms with Gasteiger partial charge in [-0.15, -0.1) is 0 Å². The number of thiazole rings is 1. The van der Waals surface area contributed by atoms with Crippen LogP contribution >= 0.6 is 22.9 Å². The van der Waals surface area contributed by atoms with Crippen molar-refractivity contribution in [1.82, 2.24) is 9.55 Å². The lowest BCUT2D eigenvalue weighted by Gasteiger charge is -2.03. The van der Waals surface area contributed by atoms with Gasteiger partial charge in [0.1, 0.15) is 12.1 Å². The third-order valence-electron chi connectivity index (χ3n) is 2.87. The number of oxazole rings is 1. The quantitative estimate of drug-likeness (QED) is 0.804. The Morgan fingerprint density at radius 2 is 2.33 bits per heavy atom. The van der Waals surface area contributed by atoms with Crippen LogP contribution in [0.4, 0.5) is 6.01 Å². The molecular formula is C13H10ClN3O3S. The molecule has 6 nitrogen and oxygen atoms in total. The number of hydrogen-bond donors (Lipinski definition) is 1. The van der Waals surface area contributed by atoms with Crippen LogP contribution in [-0.2, 0) is 11.3 Å². The highest BCUT2D eigenvalue weighted by Gasteiger charge is 2.12. The molecule has 3 aromatic rings. The van der Waals surface area contributed by atoms with Crippen LogP contribution in [0, 0.1) is 6.92 Å². The molecule has 1 amide bonds. The number of carbonyl (C=O) groups excluding carboxylic acids is 1. The van der Waals surface area contributed by atoms with Crippen LogP contribution in [0.2, 0.25) is 5.02 Å². The molecule has 0 saturated heterocycles. The summed E-state index contributed by atoms with van der Waals surface area (Å²) in [6, 6.07) is 5.07. The molecule has 1 aromatic carbocycles. The van der Waals surface area contributed by atoms with Crippen molar-refractivity contribution in [3.63, 3.8) is 0 Å². The van der Waals surface area contributed by atoms with Crippen molar-refractivity contribution in [2.45, 2.75) is 13.5 Å². The van der Waals surface area contributed by atoms with Crippen LogP contribution in [0.15, 0.2) is 32.8 Å². The molecule has 8 heteroatoms. The first kappa shape index (κ1) is 13.8. The first-order valence-electron chi connectivity index (χ1n) is 6.04. The second-order valence-electron chi connectivity index (χ2n) is 4.41. The summed E-state index contributed by atoms with van der Waals surface area (Å²) < 4.78 is 6.78. The van der Waals surface area contributed by atoms with Crippen molar-refractivity contribution in [1.29, 1.82) is 0 Å². The molecule has 0 bridgehead atoms. The van der Waals surface area contributed by atoms with Crippen LogP contribution in [-0.4, -0.2) is 15.5 Å². The Morgan fingerprint density at radius 3 is 3.05 bits per heavy atom. The number of amides is 1. The lowest BCUT2D eigenvalue weighted by atomic mass is 10.3. The van der Waals surface area contributed by atoms with Crippen molar-refractivity contribution in [2.75, 3.05) is 5.32 Å². The van der Waals surface area contributed by atoms with Crippen molar-refractivity contribution in [3.05, 3.63) is 44.0 Å². The molecule has 0 radical (unpaired) electrons. The summed E-state index contributed by atoms with van der Waals surface area (Å²) in [5.41, 5.74) is 1.82. The summed E-state index contributed by atoms with van der Waals surface area (Å²) in [7, 11) is 0. The maximum Gasteiger partial charge on any atom is 0.307 e. The molecule has 0 fully saturated rings. The van der Waals surface area contributed by atoms with Crippen molar-refractivity contribution in [2.24, 2.45) is 0 Å². The highest BCUT2D eigenvalue weighted by atomic mass is 35.5. The van der Waals surface area contributed by atoms with E-state index < -0.39 is 0 Å². The summed E-state index contributed by atoms with van der Waals surface area (Å²) in [6.45, 7) is 1.69. The molecule has 0 spiro atoms. The average molecular weight is 324 g/mol.